The van der Waals surface area contributed by atoms with Crippen molar-refractivity contribution in [2.75, 3.05) is 19.6 Å². The number of likely N-dealkylation sites (tertiary alicyclic amines) is 1. The van der Waals surface area contributed by atoms with E-state index in [1.165, 1.54) is 6.42 Å². The number of piperidine rings is 1. The lowest BCUT2D eigenvalue weighted by Gasteiger charge is -2.32. The zero-order valence-corrected chi connectivity index (χ0v) is 15.1. The Morgan fingerprint density at radius 2 is 2.20 bits per heavy atom. The number of aromatic amines is 1. The molecule has 1 aliphatic rings. The predicted octanol–water partition coefficient (Wildman–Crippen LogP) is 2.57. The van der Waals surface area contributed by atoms with Crippen LogP contribution in [-0.4, -0.2) is 35.4 Å². The summed E-state index contributed by atoms with van der Waals surface area (Å²) in [7, 11) is 0. The Balaban J connectivity index is 1.66. The van der Waals surface area contributed by atoms with E-state index in [1.807, 2.05) is 19.1 Å². The van der Waals surface area contributed by atoms with Crippen LogP contribution in [-0.2, 0) is 11.3 Å². The first-order chi connectivity index (χ1) is 12.0. The van der Waals surface area contributed by atoms with Crippen molar-refractivity contribution >= 4 is 16.8 Å². The van der Waals surface area contributed by atoms with Gasteiger partial charge in [-0.25, -0.2) is 0 Å². The van der Waals surface area contributed by atoms with Crippen LogP contribution in [0.5, 0.6) is 0 Å². The highest BCUT2D eigenvalue weighted by molar-refractivity contribution is 5.79. The molecule has 1 fully saturated rings. The van der Waals surface area contributed by atoms with E-state index in [9.17, 15) is 9.59 Å². The Morgan fingerprint density at radius 3 is 3.00 bits per heavy atom. The highest BCUT2D eigenvalue weighted by Gasteiger charge is 2.20. The second kappa shape index (κ2) is 7.83. The number of H-pyrrole nitrogens is 1. The third-order valence-electron chi connectivity index (χ3n) is 5.00. The van der Waals surface area contributed by atoms with Crippen molar-refractivity contribution in [1.29, 1.82) is 0 Å². The average Bonchev–Trinajstić information content (AvgIpc) is 2.56. The molecule has 1 saturated heterocycles. The molecule has 0 spiro atoms. The summed E-state index contributed by atoms with van der Waals surface area (Å²) in [5, 5.41) is 3.96. The average molecular weight is 341 g/mol. The van der Waals surface area contributed by atoms with Gasteiger partial charge in [-0.2, -0.15) is 0 Å². The lowest BCUT2D eigenvalue weighted by Crippen LogP contribution is -2.37. The first-order valence-corrected chi connectivity index (χ1v) is 9.10. The zero-order valence-electron chi connectivity index (χ0n) is 15.1. The Bertz CT molecular complexity index is 812. The summed E-state index contributed by atoms with van der Waals surface area (Å²) in [6.07, 6.45) is 3.35. The van der Waals surface area contributed by atoms with Crippen LogP contribution in [0.1, 0.15) is 37.3 Å². The molecule has 5 heteroatoms. The molecular weight excluding hydrogens is 314 g/mol. The molecule has 5 nitrogen and oxygen atoms in total. The number of carbonyl (C=O) groups is 1. The summed E-state index contributed by atoms with van der Waals surface area (Å²) in [5.74, 6) is 0.619. The van der Waals surface area contributed by atoms with Crippen molar-refractivity contribution in [1.82, 2.24) is 15.2 Å². The van der Waals surface area contributed by atoms with Gasteiger partial charge < -0.3 is 10.3 Å². The molecule has 1 amide bonds. The zero-order chi connectivity index (χ0) is 17.8. The van der Waals surface area contributed by atoms with Gasteiger partial charge in [0.2, 0.25) is 5.91 Å². The fourth-order valence-corrected chi connectivity index (χ4v) is 3.70. The highest BCUT2D eigenvalue weighted by atomic mass is 16.1. The number of rotatable bonds is 5. The molecule has 3 rings (SSSR count). The number of fused-ring (bicyclic) bond motifs is 1. The van der Waals surface area contributed by atoms with Crippen LogP contribution in [0.15, 0.2) is 29.1 Å². The predicted molar refractivity (Wildman–Crippen MR) is 101 cm³/mol. The first kappa shape index (κ1) is 17.7. The van der Waals surface area contributed by atoms with E-state index in [2.05, 4.69) is 27.3 Å². The normalized spacial score (nSPS) is 18.4. The monoisotopic (exact) mass is 341 g/mol. The number of nitrogens with one attached hydrogen (secondary N) is 2. The number of amides is 1. The molecule has 2 N–H and O–H groups in total. The number of hydrogen-bond acceptors (Lipinski definition) is 3. The second-order valence-corrected chi connectivity index (χ2v) is 7.23. The molecule has 0 saturated carbocycles. The van der Waals surface area contributed by atoms with Crippen LogP contribution >= 0.6 is 0 Å². The number of aromatic nitrogens is 1. The molecular formula is C20H27N3O2. The molecule has 25 heavy (non-hydrogen) atoms. The summed E-state index contributed by atoms with van der Waals surface area (Å²) in [4.78, 5) is 28.8. The molecule has 0 aliphatic carbocycles. The van der Waals surface area contributed by atoms with Crippen molar-refractivity contribution in [2.24, 2.45) is 5.92 Å². The van der Waals surface area contributed by atoms with Gasteiger partial charge in [-0.1, -0.05) is 12.1 Å². The van der Waals surface area contributed by atoms with E-state index >= 15 is 0 Å². The van der Waals surface area contributed by atoms with Gasteiger partial charge in [-0.05, 0) is 61.7 Å². The molecule has 1 aromatic carbocycles. The van der Waals surface area contributed by atoms with E-state index in [4.69, 9.17) is 0 Å². The quantitative estimate of drug-likeness (QED) is 0.878. The van der Waals surface area contributed by atoms with E-state index in [1.54, 1.807) is 6.92 Å². The van der Waals surface area contributed by atoms with Crippen LogP contribution in [0.25, 0.3) is 10.9 Å². The smallest absolute Gasteiger partial charge is 0.252 e. The third-order valence-corrected chi connectivity index (χ3v) is 5.00. The van der Waals surface area contributed by atoms with Gasteiger partial charge in [0.15, 0.2) is 0 Å². The maximum atomic E-state index is 12.4. The third kappa shape index (κ3) is 4.69. The fraction of sp³-hybridized carbons (Fsp3) is 0.500. The van der Waals surface area contributed by atoms with Crippen molar-refractivity contribution < 1.29 is 4.79 Å². The first-order valence-electron chi connectivity index (χ1n) is 9.10. The van der Waals surface area contributed by atoms with Crippen molar-refractivity contribution in [3.8, 4) is 0 Å². The molecule has 0 radical (unpaired) electrons. The van der Waals surface area contributed by atoms with E-state index in [0.717, 1.165) is 54.5 Å². The van der Waals surface area contributed by atoms with Gasteiger partial charge >= 0.3 is 0 Å². The summed E-state index contributed by atoms with van der Waals surface area (Å²) in [6, 6.07) is 8.17. The number of aryl methyl sites for hydroxylation is 1. The minimum atomic E-state index is 0.0125. The molecule has 1 aromatic heterocycles. The lowest BCUT2D eigenvalue weighted by molar-refractivity contribution is -0.119. The van der Waals surface area contributed by atoms with Gasteiger partial charge in [0.1, 0.15) is 0 Å². The molecule has 2 aromatic rings. The Morgan fingerprint density at radius 1 is 1.36 bits per heavy atom. The molecule has 1 aliphatic heterocycles. The lowest BCUT2D eigenvalue weighted by atomic mass is 9.94. The summed E-state index contributed by atoms with van der Waals surface area (Å²) >= 11 is 0. The van der Waals surface area contributed by atoms with Crippen LogP contribution in [0.3, 0.4) is 0 Å². The number of carbonyl (C=O) groups excluding carboxylic acids is 1. The van der Waals surface area contributed by atoms with Crippen molar-refractivity contribution in [3.63, 3.8) is 0 Å². The molecule has 2 heterocycles. The van der Waals surface area contributed by atoms with Crippen LogP contribution in [0.2, 0.25) is 0 Å². The van der Waals surface area contributed by atoms with E-state index < -0.39 is 0 Å². The SMILES string of the molecule is CC(=O)NCC[C@H]1CCCN(Cc2cc3ccc(C)cc3[nH]c2=O)C1. The highest BCUT2D eigenvalue weighted by Crippen LogP contribution is 2.21. The van der Waals surface area contributed by atoms with Gasteiger partial charge in [0.25, 0.3) is 5.56 Å². The number of benzene rings is 1. The van der Waals surface area contributed by atoms with Gasteiger partial charge in [-0.3, -0.25) is 14.5 Å². The summed E-state index contributed by atoms with van der Waals surface area (Å²) in [6.45, 7) is 7.04. The Hall–Kier alpha value is -2.14. The van der Waals surface area contributed by atoms with Gasteiger partial charge in [0, 0.05) is 37.6 Å². The second-order valence-electron chi connectivity index (χ2n) is 7.23. The molecule has 0 unspecified atom stereocenters. The van der Waals surface area contributed by atoms with Crippen molar-refractivity contribution in [3.05, 3.63) is 45.7 Å². The fourth-order valence-electron chi connectivity index (χ4n) is 3.70. The minimum Gasteiger partial charge on any atom is -0.356 e. The molecule has 134 valence electrons. The summed E-state index contributed by atoms with van der Waals surface area (Å²) < 4.78 is 0. The van der Waals surface area contributed by atoms with E-state index in [0.29, 0.717) is 12.5 Å². The number of hydrogen-bond donors (Lipinski definition) is 2. The molecule has 1 atom stereocenters. The largest absolute Gasteiger partial charge is 0.356 e. The maximum Gasteiger partial charge on any atom is 0.252 e. The van der Waals surface area contributed by atoms with Crippen molar-refractivity contribution in [2.45, 2.75) is 39.7 Å². The van der Waals surface area contributed by atoms with Gasteiger partial charge in [0.05, 0.1) is 0 Å². The topological polar surface area (TPSA) is 65.2 Å². The Labute approximate surface area is 148 Å². The van der Waals surface area contributed by atoms with Crippen LogP contribution < -0.4 is 10.9 Å². The maximum absolute atomic E-state index is 12.4. The summed E-state index contributed by atoms with van der Waals surface area (Å²) in [5.41, 5.74) is 2.90. The van der Waals surface area contributed by atoms with Gasteiger partial charge in [-0.15, -0.1) is 0 Å². The van der Waals surface area contributed by atoms with Crippen LogP contribution in [0, 0.1) is 12.8 Å². The van der Waals surface area contributed by atoms with Crippen LogP contribution in [0.4, 0.5) is 0 Å². The number of nitrogens with zero attached hydrogens (tertiary/aromatic N) is 1. The minimum absolute atomic E-state index is 0.0125. The standard InChI is InChI=1S/C20H27N3O2/c1-14-5-6-17-11-18(20(25)22-19(17)10-14)13-23-9-3-4-16(12-23)7-8-21-15(2)24/h5-6,10-11,16H,3-4,7-9,12-13H2,1-2H3,(H,21,24)(H,22,25)/t16-/m1/s1. The Kier molecular flexibility index (Phi) is 5.53. The number of pyridine rings is 1. The molecule has 0 bridgehead atoms. The van der Waals surface area contributed by atoms with E-state index in [-0.39, 0.29) is 11.5 Å².